The highest BCUT2D eigenvalue weighted by molar-refractivity contribution is 5.72. The maximum absolute atomic E-state index is 12.1. The van der Waals surface area contributed by atoms with Gasteiger partial charge in [-0.2, -0.15) is 0 Å². The Balaban J connectivity index is 1.95. The van der Waals surface area contributed by atoms with Gasteiger partial charge in [-0.3, -0.25) is 0 Å². The summed E-state index contributed by atoms with van der Waals surface area (Å²) in [6.07, 6.45) is 1.66. The van der Waals surface area contributed by atoms with Gasteiger partial charge < -0.3 is 14.5 Å². The fourth-order valence-corrected chi connectivity index (χ4v) is 2.39. The molecule has 1 aromatic carbocycles. The van der Waals surface area contributed by atoms with Crippen molar-refractivity contribution in [3.05, 3.63) is 52.6 Å². The molecule has 0 radical (unpaired) electrons. The number of aromatic amines is 1. The van der Waals surface area contributed by atoms with E-state index in [2.05, 4.69) is 9.97 Å². The van der Waals surface area contributed by atoms with Gasteiger partial charge in [0.1, 0.15) is 5.75 Å². The van der Waals surface area contributed by atoms with E-state index in [0.717, 1.165) is 17.0 Å². The van der Waals surface area contributed by atoms with E-state index in [1.165, 1.54) is 0 Å². The Bertz CT molecular complexity index is 850. The molecule has 6 heteroatoms. The lowest BCUT2D eigenvalue weighted by atomic mass is 10.1. The number of hydrogen-bond donors (Lipinski definition) is 1. The summed E-state index contributed by atoms with van der Waals surface area (Å²) in [6, 6.07) is 9.19. The van der Waals surface area contributed by atoms with Crippen LogP contribution in [0.1, 0.15) is 5.56 Å². The maximum atomic E-state index is 12.1. The summed E-state index contributed by atoms with van der Waals surface area (Å²) < 4.78 is 12.2. The molecule has 0 atom stereocenters. The first kappa shape index (κ1) is 11.2. The summed E-state index contributed by atoms with van der Waals surface area (Å²) in [6.45, 7) is 0.745. The lowest BCUT2D eigenvalue weighted by Crippen LogP contribution is -2.16. The van der Waals surface area contributed by atoms with Crippen molar-refractivity contribution in [2.45, 2.75) is 6.61 Å². The summed E-state index contributed by atoms with van der Waals surface area (Å²) in [5, 5.41) is 0. The quantitative estimate of drug-likeness (QED) is 0.728. The van der Waals surface area contributed by atoms with E-state index in [9.17, 15) is 4.79 Å². The normalized spacial score (nSPS) is 14.0. The van der Waals surface area contributed by atoms with Crippen LogP contribution in [0.3, 0.4) is 0 Å². The Hall–Kier alpha value is -2.60. The van der Waals surface area contributed by atoms with E-state index in [1.807, 2.05) is 24.3 Å². The SMILES string of the molecule is O=c1[nH]c2cccnc2n1-c1ccc2c(c1)COCO2. The minimum absolute atomic E-state index is 0.212. The molecule has 3 heterocycles. The molecule has 0 bridgehead atoms. The predicted octanol–water partition coefficient (Wildman–Crippen LogP) is 1.58. The second-order valence-electron chi connectivity index (χ2n) is 4.54. The molecule has 0 unspecified atom stereocenters. The third-order valence-corrected chi connectivity index (χ3v) is 3.30. The molecule has 0 amide bonds. The van der Waals surface area contributed by atoms with Gasteiger partial charge in [0.05, 0.1) is 17.8 Å². The van der Waals surface area contributed by atoms with Crippen LogP contribution in [0.25, 0.3) is 16.9 Å². The molecule has 0 aliphatic carbocycles. The average molecular weight is 269 g/mol. The van der Waals surface area contributed by atoms with Crippen LogP contribution in [0.4, 0.5) is 0 Å². The minimum atomic E-state index is -0.212. The van der Waals surface area contributed by atoms with Crippen molar-refractivity contribution in [1.82, 2.24) is 14.5 Å². The van der Waals surface area contributed by atoms with Gasteiger partial charge in [0, 0.05) is 11.8 Å². The Morgan fingerprint density at radius 3 is 3.20 bits per heavy atom. The Morgan fingerprint density at radius 2 is 2.25 bits per heavy atom. The number of aromatic nitrogens is 3. The van der Waals surface area contributed by atoms with Gasteiger partial charge in [-0.1, -0.05) is 0 Å². The standard InChI is InChI=1S/C14H11N3O3/c18-14-16-11-2-1-5-15-13(11)17(14)10-3-4-12-9(6-10)7-19-8-20-12/h1-6H,7-8H2,(H,16,18). The molecule has 2 aromatic heterocycles. The zero-order valence-corrected chi connectivity index (χ0v) is 10.5. The molecule has 1 aliphatic rings. The molecule has 0 saturated heterocycles. The number of hydrogen-bond acceptors (Lipinski definition) is 4. The molecule has 100 valence electrons. The van der Waals surface area contributed by atoms with E-state index in [1.54, 1.807) is 16.8 Å². The van der Waals surface area contributed by atoms with Gasteiger partial charge in [0.2, 0.25) is 0 Å². The third-order valence-electron chi connectivity index (χ3n) is 3.30. The lowest BCUT2D eigenvalue weighted by molar-refractivity contribution is -0.0163. The number of nitrogens with one attached hydrogen (secondary N) is 1. The van der Waals surface area contributed by atoms with Crippen molar-refractivity contribution in [2.24, 2.45) is 0 Å². The van der Waals surface area contributed by atoms with Crippen LogP contribution < -0.4 is 10.4 Å². The van der Waals surface area contributed by atoms with E-state index < -0.39 is 0 Å². The van der Waals surface area contributed by atoms with Gasteiger partial charge >= 0.3 is 5.69 Å². The highest BCUT2D eigenvalue weighted by Gasteiger charge is 2.14. The molecule has 0 fully saturated rings. The number of H-pyrrole nitrogens is 1. The van der Waals surface area contributed by atoms with Gasteiger partial charge in [-0.25, -0.2) is 14.3 Å². The molecule has 0 saturated carbocycles. The zero-order valence-electron chi connectivity index (χ0n) is 10.5. The molecular formula is C14H11N3O3. The maximum Gasteiger partial charge on any atom is 0.332 e. The van der Waals surface area contributed by atoms with Crippen molar-refractivity contribution >= 4 is 11.2 Å². The molecule has 0 spiro atoms. The molecule has 20 heavy (non-hydrogen) atoms. The van der Waals surface area contributed by atoms with E-state index in [4.69, 9.17) is 9.47 Å². The van der Waals surface area contributed by atoms with Crippen LogP contribution in [0, 0.1) is 0 Å². The van der Waals surface area contributed by atoms with Crippen LogP contribution >= 0.6 is 0 Å². The predicted molar refractivity (Wildman–Crippen MR) is 72.0 cm³/mol. The molecule has 4 rings (SSSR count). The number of rotatable bonds is 1. The molecule has 3 aromatic rings. The smallest absolute Gasteiger partial charge is 0.332 e. The van der Waals surface area contributed by atoms with Crippen molar-refractivity contribution in [3.8, 4) is 11.4 Å². The fraction of sp³-hybridized carbons (Fsp3) is 0.143. The first-order valence-electron chi connectivity index (χ1n) is 6.22. The Labute approximate surface area is 113 Å². The van der Waals surface area contributed by atoms with Crippen LogP contribution in [0.5, 0.6) is 5.75 Å². The monoisotopic (exact) mass is 269 g/mol. The van der Waals surface area contributed by atoms with Crippen molar-refractivity contribution in [1.29, 1.82) is 0 Å². The van der Waals surface area contributed by atoms with E-state index >= 15 is 0 Å². The minimum Gasteiger partial charge on any atom is -0.467 e. The lowest BCUT2D eigenvalue weighted by Gasteiger charge is -2.18. The number of imidazole rings is 1. The number of pyridine rings is 1. The van der Waals surface area contributed by atoms with Crippen LogP contribution in [-0.2, 0) is 11.3 Å². The molecule has 1 aliphatic heterocycles. The molecule has 1 N–H and O–H groups in total. The Kier molecular flexibility index (Phi) is 2.37. The fourth-order valence-electron chi connectivity index (χ4n) is 2.39. The van der Waals surface area contributed by atoms with Gasteiger partial charge in [-0.05, 0) is 30.3 Å². The van der Waals surface area contributed by atoms with Gasteiger partial charge in [0.25, 0.3) is 0 Å². The largest absolute Gasteiger partial charge is 0.467 e. The van der Waals surface area contributed by atoms with Gasteiger partial charge in [-0.15, -0.1) is 0 Å². The summed E-state index contributed by atoms with van der Waals surface area (Å²) in [7, 11) is 0. The van der Waals surface area contributed by atoms with Crippen molar-refractivity contribution in [3.63, 3.8) is 0 Å². The summed E-state index contributed by atoms with van der Waals surface area (Å²) in [5.74, 6) is 0.792. The van der Waals surface area contributed by atoms with E-state index in [-0.39, 0.29) is 12.5 Å². The van der Waals surface area contributed by atoms with Crippen molar-refractivity contribution < 1.29 is 9.47 Å². The van der Waals surface area contributed by atoms with Crippen LogP contribution in [0.2, 0.25) is 0 Å². The Morgan fingerprint density at radius 1 is 1.30 bits per heavy atom. The number of fused-ring (bicyclic) bond motifs is 2. The first-order chi connectivity index (χ1) is 9.83. The third kappa shape index (κ3) is 1.62. The van der Waals surface area contributed by atoms with Crippen LogP contribution in [-0.4, -0.2) is 21.3 Å². The summed E-state index contributed by atoms with van der Waals surface area (Å²) in [4.78, 5) is 19.2. The second-order valence-corrected chi connectivity index (χ2v) is 4.54. The second kappa shape index (κ2) is 4.21. The number of ether oxygens (including phenoxy) is 2. The zero-order chi connectivity index (χ0) is 13.5. The molecular weight excluding hydrogens is 258 g/mol. The number of nitrogens with zero attached hydrogens (tertiary/aromatic N) is 2. The summed E-state index contributed by atoms with van der Waals surface area (Å²) in [5.41, 5.74) is 2.77. The molecule has 6 nitrogen and oxygen atoms in total. The van der Waals surface area contributed by atoms with Gasteiger partial charge in [0.15, 0.2) is 12.4 Å². The topological polar surface area (TPSA) is 69.1 Å². The average Bonchev–Trinajstić information content (AvgIpc) is 2.82. The van der Waals surface area contributed by atoms with Crippen molar-refractivity contribution in [2.75, 3.05) is 6.79 Å². The first-order valence-corrected chi connectivity index (χ1v) is 6.22. The number of benzene rings is 1. The summed E-state index contributed by atoms with van der Waals surface area (Å²) >= 11 is 0. The van der Waals surface area contributed by atoms with Crippen LogP contribution in [0.15, 0.2) is 41.3 Å². The highest BCUT2D eigenvalue weighted by atomic mass is 16.7. The highest BCUT2D eigenvalue weighted by Crippen LogP contribution is 2.26. The van der Waals surface area contributed by atoms with E-state index in [0.29, 0.717) is 17.8 Å².